The van der Waals surface area contributed by atoms with Gasteiger partial charge in [0.05, 0.1) is 38.9 Å². The number of anilines is 1. The van der Waals surface area contributed by atoms with Gasteiger partial charge in [0.1, 0.15) is 0 Å². The number of rotatable bonds is 5. The largest absolute Gasteiger partial charge is 0.322 e. The summed E-state index contributed by atoms with van der Waals surface area (Å²) in [6, 6.07) is 13.3. The van der Waals surface area contributed by atoms with Crippen molar-refractivity contribution in [1.29, 1.82) is 0 Å². The third-order valence-electron chi connectivity index (χ3n) is 5.76. The predicted octanol–water partition coefficient (Wildman–Crippen LogP) is 4.47. The van der Waals surface area contributed by atoms with Crippen molar-refractivity contribution in [3.63, 3.8) is 0 Å². The molecule has 0 spiro atoms. The lowest BCUT2D eigenvalue weighted by atomic mass is 10.1. The Morgan fingerprint density at radius 3 is 2.52 bits per heavy atom. The van der Waals surface area contributed by atoms with Gasteiger partial charge in [0.2, 0.25) is 5.91 Å². The van der Waals surface area contributed by atoms with Crippen molar-refractivity contribution in [2.24, 2.45) is 7.05 Å². The van der Waals surface area contributed by atoms with Crippen LogP contribution in [0.4, 0.5) is 5.69 Å². The zero-order valence-corrected chi connectivity index (χ0v) is 20.4. The molecule has 1 atom stereocenters. The highest BCUT2D eigenvalue weighted by Gasteiger charge is 2.23. The molecule has 2 aromatic heterocycles. The van der Waals surface area contributed by atoms with Crippen LogP contribution in [0.25, 0.3) is 16.6 Å². The zero-order chi connectivity index (χ0) is 23.9. The second-order valence-electron chi connectivity index (χ2n) is 8.26. The van der Waals surface area contributed by atoms with Crippen molar-refractivity contribution < 1.29 is 4.79 Å². The lowest BCUT2D eigenvalue weighted by Gasteiger charge is -2.18. The van der Waals surface area contributed by atoms with Gasteiger partial charge in [-0.05, 0) is 63.9 Å². The van der Waals surface area contributed by atoms with Crippen LogP contribution in [-0.2, 0) is 11.8 Å². The number of hydrogen-bond donors (Lipinski definition) is 1. The molecule has 8 heteroatoms. The Labute approximate surface area is 196 Å². The summed E-state index contributed by atoms with van der Waals surface area (Å²) >= 11 is 1.27. The van der Waals surface area contributed by atoms with Gasteiger partial charge < -0.3 is 5.32 Å². The molecule has 2 heterocycles. The van der Waals surface area contributed by atoms with Crippen LogP contribution in [0.3, 0.4) is 0 Å². The van der Waals surface area contributed by atoms with E-state index in [-0.39, 0.29) is 11.5 Å². The van der Waals surface area contributed by atoms with Gasteiger partial charge in [-0.2, -0.15) is 5.10 Å². The van der Waals surface area contributed by atoms with Gasteiger partial charge in [-0.3, -0.25) is 18.8 Å². The van der Waals surface area contributed by atoms with E-state index in [1.807, 2.05) is 78.1 Å². The Balaban J connectivity index is 1.77. The van der Waals surface area contributed by atoms with Gasteiger partial charge in [0, 0.05) is 7.05 Å². The summed E-state index contributed by atoms with van der Waals surface area (Å²) in [5.74, 6) is -0.172. The van der Waals surface area contributed by atoms with Crippen LogP contribution in [-0.4, -0.2) is 30.5 Å². The Morgan fingerprint density at radius 1 is 1.09 bits per heavy atom. The van der Waals surface area contributed by atoms with Crippen LogP contribution in [0.5, 0.6) is 0 Å². The first kappa shape index (κ1) is 22.8. The number of fused-ring (bicyclic) bond motifs is 1. The molecule has 7 nitrogen and oxygen atoms in total. The third-order valence-corrected chi connectivity index (χ3v) is 6.81. The van der Waals surface area contributed by atoms with Crippen molar-refractivity contribution in [3.05, 3.63) is 75.3 Å². The predicted molar refractivity (Wildman–Crippen MR) is 133 cm³/mol. The minimum atomic E-state index is -0.492. The average molecular weight is 462 g/mol. The van der Waals surface area contributed by atoms with Crippen molar-refractivity contribution in [2.75, 3.05) is 5.32 Å². The second-order valence-corrected chi connectivity index (χ2v) is 9.57. The topological polar surface area (TPSA) is 81.8 Å². The maximum atomic E-state index is 13.5. The maximum Gasteiger partial charge on any atom is 0.266 e. The molecule has 4 rings (SSSR count). The molecule has 0 aliphatic rings. The maximum absolute atomic E-state index is 13.5. The van der Waals surface area contributed by atoms with E-state index in [1.54, 1.807) is 15.3 Å². The fourth-order valence-electron chi connectivity index (χ4n) is 3.76. The summed E-state index contributed by atoms with van der Waals surface area (Å²) in [6.07, 6.45) is 0. The zero-order valence-electron chi connectivity index (χ0n) is 19.6. The Morgan fingerprint density at radius 2 is 1.82 bits per heavy atom. The van der Waals surface area contributed by atoms with Gasteiger partial charge in [0.15, 0.2) is 5.16 Å². The van der Waals surface area contributed by atoms with Crippen molar-refractivity contribution in [2.45, 2.75) is 45.0 Å². The molecule has 33 heavy (non-hydrogen) atoms. The fourth-order valence-corrected chi connectivity index (χ4v) is 4.68. The number of carbonyl (C=O) groups excluding carboxylic acids is 1. The molecule has 0 aliphatic carbocycles. The molecule has 1 unspecified atom stereocenters. The van der Waals surface area contributed by atoms with E-state index in [9.17, 15) is 9.59 Å². The van der Waals surface area contributed by atoms with Gasteiger partial charge in [-0.25, -0.2) is 4.98 Å². The second kappa shape index (κ2) is 8.86. The molecule has 4 aromatic rings. The summed E-state index contributed by atoms with van der Waals surface area (Å²) in [7, 11) is 1.85. The van der Waals surface area contributed by atoms with Crippen LogP contribution >= 0.6 is 11.8 Å². The van der Waals surface area contributed by atoms with Crippen molar-refractivity contribution >= 4 is 34.3 Å². The van der Waals surface area contributed by atoms with Crippen LogP contribution in [0, 0.1) is 27.7 Å². The SMILES string of the molecule is Cc1ccc(C)c(-n2c(SC(C)C(=O)Nc3c(C)nn(C)c3C)nc3ccccc3c2=O)c1. The highest BCUT2D eigenvalue weighted by Crippen LogP contribution is 2.28. The number of thioether (sulfide) groups is 1. The lowest BCUT2D eigenvalue weighted by molar-refractivity contribution is -0.115. The van der Waals surface area contributed by atoms with Crippen molar-refractivity contribution in [1.82, 2.24) is 19.3 Å². The van der Waals surface area contributed by atoms with E-state index in [0.29, 0.717) is 21.7 Å². The van der Waals surface area contributed by atoms with Crippen molar-refractivity contribution in [3.8, 4) is 5.69 Å². The first-order valence-electron chi connectivity index (χ1n) is 10.7. The fraction of sp³-hybridized carbons (Fsp3) is 0.280. The van der Waals surface area contributed by atoms with E-state index in [2.05, 4.69) is 10.4 Å². The molecular formula is C25H27N5O2S. The number of hydrogen-bond acceptors (Lipinski definition) is 5. The highest BCUT2D eigenvalue weighted by molar-refractivity contribution is 8.00. The minimum Gasteiger partial charge on any atom is -0.322 e. The average Bonchev–Trinajstić information content (AvgIpc) is 3.02. The first-order chi connectivity index (χ1) is 15.7. The molecule has 1 N–H and O–H groups in total. The molecule has 0 saturated carbocycles. The molecule has 0 saturated heterocycles. The lowest BCUT2D eigenvalue weighted by Crippen LogP contribution is -2.27. The summed E-state index contributed by atoms with van der Waals surface area (Å²) in [4.78, 5) is 31.4. The van der Waals surface area contributed by atoms with Crippen LogP contribution < -0.4 is 10.9 Å². The Hall–Kier alpha value is -3.39. The minimum absolute atomic E-state index is 0.150. The van der Waals surface area contributed by atoms with Crippen LogP contribution in [0.1, 0.15) is 29.4 Å². The molecule has 0 aliphatic heterocycles. The summed E-state index contributed by atoms with van der Waals surface area (Å²) in [5.41, 5.74) is 5.59. The molecular weight excluding hydrogens is 434 g/mol. The van der Waals surface area contributed by atoms with Gasteiger partial charge in [-0.15, -0.1) is 0 Å². The highest BCUT2D eigenvalue weighted by atomic mass is 32.2. The number of carbonyl (C=O) groups is 1. The summed E-state index contributed by atoms with van der Waals surface area (Å²) < 4.78 is 3.37. The van der Waals surface area contributed by atoms with Gasteiger partial charge >= 0.3 is 0 Å². The standard InChI is InChI=1S/C25H27N5O2S/c1-14-11-12-15(2)21(13-14)30-24(32)19-9-7-8-10-20(19)26-25(30)33-18(5)23(31)27-22-16(3)28-29(6)17(22)4/h7-13,18H,1-6H3,(H,27,31). The number of nitrogens with zero attached hydrogens (tertiary/aromatic N) is 4. The van der Waals surface area contributed by atoms with Gasteiger partial charge in [-0.1, -0.05) is 36.0 Å². The van der Waals surface area contributed by atoms with E-state index in [0.717, 1.165) is 28.2 Å². The molecule has 2 aromatic carbocycles. The number of benzene rings is 2. The quantitative estimate of drug-likeness (QED) is 0.350. The number of aryl methyl sites for hydroxylation is 4. The van der Waals surface area contributed by atoms with E-state index in [1.165, 1.54) is 11.8 Å². The molecule has 170 valence electrons. The number of amides is 1. The molecule has 1 amide bonds. The smallest absolute Gasteiger partial charge is 0.266 e. The Kier molecular flexibility index (Phi) is 6.12. The van der Waals surface area contributed by atoms with Crippen LogP contribution in [0.15, 0.2) is 52.4 Å². The van der Waals surface area contributed by atoms with E-state index in [4.69, 9.17) is 4.98 Å². The summed E-state index contributed by atoms with van der Waals surface area (Å²) in [5, 5.41) is 7.89. The van der Waals surface area contributed by atoms with Crippen LogP contribution in [0.2, 0.25) is 0 Å². The monoisotopic (exact) mass is 461 g/mol. The van der Waals surface area contributed by atoms with Gasteiger partial charge in [0.25, 0.3) is 5.56 Å². The number of nitrogens with one attached hydrogen (secondary N) is 1. The first-order valence-corrected chi connectivity index (χ1v) is 11.6. The molecule has 0 fully saturated rings. The molecule has 0 radical (unpaired) electrons. The summed E-state index contributed by atoms with van der Waals surface area (Å²) in [6.45, 7) is 9.55. The number of para-hydroxylation sites is 1. The van der Waals surface area contributed by atoms with E-state index >= 15 is 0 Å². The Bertz CT molecular complexity index is 1440. The number of aromatic nitrogens is 4. The third kappa shape index (κ3) is 4.30. The normalized spacial score (nSPS) is 12.2. The van der Waals surface area contributed by atoms with E-state index < -0.39 is 5.25 Å². The molecule has 0 bridgehead atoms.